The first-order valence-corrected chi connectivity index (χ1v) is 11.0. The molecule has 1 aliphatic heterocycles. The third-order valence-electron chi connectivity index (χ3n) is 4.65. The number of nitrogens with zero attached hydrogens (tertiary/aromatic N) is 1. The molecule has 1 unspecified atom stereocenters. The van der Waals surface area contributed by atoms with Gasteiger partial charge in [-0.15, -0.1) is 0 Å². The smallest absolute Gasteiger partial charge is 0.252 e. The van der Waals surface area contributed by atoms with Gasteiger partial charge in [-0.3, -0.25) is 9.59 Å². The Kier molecular flexibility index (Phi) is 6.14. The average molecular weight is 437 g/mol. The third kappa shape index (κ3) is 4.54. The average Bonchev–Trinajstić information content (AvgIpc) is 2.88. The van der Waals surface area contributed by atoms with Crippen molar-refractivity contribution in [1.29, 1.82) is 0 Å². The predicted molar refractivity (Wildman–Crippen MR) is 111 cm³/mol. The van der Waals surface area contributed by atoms with E-state index < -0.39 is 21.8 Å². The van der Waals surface area contributed by atoms with Crippen molar-refractivity contribution in [2.75, 3.05) is 23.7 Å². The highest BCUT2D eigenvalue weighted by Crippen LogP contribution is 2.31. The van der Waals surface area contributed by atoms with Crippen LogP contribution in [0.1, 0.15) is 22.8 Å². The fourth-order valence-electron chi connectivity index (χ4n) is 3.11. The normalized spacial score (nSPS) is 18.0. The Morgan fingerprint density at radius 2 is 1.93 bits per heavy atom. The second-order valence-corrected chi connectivity index (χ2v) is 9.07. The van der Waals surface area contributed by atoms with Crippen LogP contribution in [0.2, 0.25) is 5.02 Å². The Morgan fingerprint density at radius 3 is 2.48 bits per heavy atom. The van der Waals surface area contributed by atoms with Crippen molar-refractivity contribution in [3.63, 3.8) is 0 Å². The van der Waals surface area contributed by atoms with Gasteiger partial charge in [-0.25, -0.2) is 12.7 Å². The van der Waals surface area contributed by atoms with E-state index in [0.29, 0.717) is 13.0 Å². The highest BCUT2D eigenvalue weighted by Gasteiger charge is 2.42. The second kappa shape index (κ2) is 8.42. The van der Waals surface area contributed by atoms with Gasteiger partial charge in [0, 0.05) is 6.54 Å². The minimum atomic E-state index is -3.72. The van der Waals surface area contributed by atoms with Gasteiger partial charge in [0.15, 0.2) is 0 Å². The second-order valence-electron chi connectivity index (χ2n) is 6.80. The largest absolute Gasteiger partial charge is 0.497 e. The zero-order valence-corrected chi connectivity index (χ0v) is 17.6. The number of halogens is 1. The Hall–Kier alpha value is -2.58. The molecule has 1 saturated heterocycles. The number of hydrogen-bond donors (Lipinski definition) is 1. The van der Waals surface area contributed by atoms with Crippen LogP contribution >= 0.6 is 11.6 Å². The van der Waals surface area contributed by atoms with Gasteiger partial charge in [-0.1, -0.05) is 30.7 Å². The third-order valence-corrected chi connectivity index (χ3v) is 6.83. The van der Waals surface area contributed by atoms with Crippen molar-refractivity contribution in [1.82, 2.24) is 5.32 Å². The molecule has 0 bridgehead atoms. The predicted octanol–water partition coefficient (Wildman–Crippen LogP) is 2.63. The summed E-state index contributed by atoms with van der Waals surface area (Å²) in [4.78, 5) is 24.6. The Labute approximate surface area is 174 Å². The van der Waals surface area contributed by atoms with Crippen molar-refractivity contribution in [3.05, 3.63) is 58.6 Å². The topological polar surface area (TPSA) is 92.8 Å². The van der Waals surface area contributed by atoms with E-state index in [1.54, 1.807) is 14.0 Å². The van der Waals surface area contributed by atoms with Gasteiger partial charge in [-0.05, 0) is 42.3 Å². The molecule has 0 saturated carbocycles. The fourth-order valence-corrected chi connectivity index (χ4v) is 5.18. The molecule has 154 valence electrons. The summed E-state index contributed by atoms with van der Waals surface area (Å²) >= 11 is 6.20. The van der Waals surface area contributed by atoms with E-state index in [9.17, 15) is 18.0 Å². The number of nitrogens with one attached hydrogen (secondary N) is 1. The number of ether oxygens (including phenoxy) is 1. The molecule has 7 nitrogen and oxygen atoms in total. The number of benzene rings is 2. The van der Waals surface area contributed by atoms with Gasteiger partial charge >= 0.3 is 0 Å². The van der Waals surface area contributed by atoms with Gasteiger partial charge < -0.3 is 10.1 Å². The van der Waals surface area contributed by atoms with E-state index in [4.69, 9.17) is 16.3 Å². The lowest BCUT2D eigenvalue weighted by Gasteiger charge is -2.16. The number of carbonyl (C=O) groups excluding carboxylic acids is 2. The van der Waals surface area contributed by atoms with Crippen LogP contribution in [0.3, 0.4) is 0 Å². The van der Waals surface area contributed by atoms with E-state index in [1.165, 1.54) is 18.2 Å². The summed E-state index contributed by atoms with van der Waals surface area (Å²) in [6.45, 7) is 1.96. The molecule has 2 amide bonds. The lowest BCUT2D eigenvalue weighted by atomic mass is 10.1. The molecule has 9 heteroatoms. The van der Waals surface area contributed by atoms with Gasteiger partial charge in [0.05, 0.1) is 35.1 Å². The van der Waals surface area contributed by atoms with Crippen LogP contribution in [0.15, 0.2) is 42.5 Å². The zero-order chi connectivity index (χ0) is 21.2. The highest BCUT2D eigenvalue weighted by atomic mass is 35.5. The molecule has 1 atom stereocenters. The maximum atomic E-state index is 12.4. The maximum Gasteiger partial charge on any atom is 0.252 e. The number of sulfonamides is 1. The summed E-state index contributed by atoms with van der Waals surface area (Å²) in [5.41, 5.74) is 1.39. The number of amides is 2. The molecule has 1 N–H and O–H groups in total. The Bertz CT molecular complexity index is 1040. The summed E-state index contributed by atoms with van der Waals surface area (Å²) in [7, 11) is -2.13. The molecule has 0 aromatic heterocycles. The van der Waals surface area contributed by atoms with E-state index in [-0.39, 0.29) is 27.9 Å². The minimum Gasteiger partial charge on any atom is -0.497 e. The van der Waals surface area contributed by atoms with Gasteiger partial charge in [0.25, 0.3) is 5.91 Å². The van der Waals surface area contributed by atoms with Gasteiger partial charge in [-0.2, -0.15) is 0 Å². The summed E-state index contributed by atoms with van der Waals surface area (Å²) in [5.74, 6) is -0.967. The summed E-state index contributed by atoms with van der Waals surface area (Å²) in [6, 6.07) is 11.7. The number of hydrogen-bond acceptors (Lipinski definition) is 5. The fraction of sp³-hybridized carbons (Fsp3) is 0.300. The van der Waals surface area contributed by atoms with E-state index in [2.05, 4.69) is 5.32 Å². The Morgan fingerprint density at radius 1 is 1.24 bits per heavy atom. The first-order valence-electron chi connectivity index (χ1n) is 9.00. The number of rotatable bonds is 6. The lowest BCUT2D eigenvalue weighted by Crippen LogP contribution is -2.30. The first-order chi connectivity index (χ1) is 13.7. The van der Waals surface area contributed by atoms with Crippen molar-refractivity contribution in [3.8, 4) is 5.75 Å². The molecule has 3 rings (SSSR count). The molecule has 1 heterocycles. The van der Waals surface area contributed by atoms with Gasteiger partial charge in [0.1, 0.15) is 5.75 Å². The molecule has 29 heavy (non-hydrogen) atoms. The minimum absolute atomic E-state index is 0.0759. The molecule has 1 fully saturated rings. The summed E-state index contributed by atoms with van der Waals surface area (Å²) in [5, 5.41) is 2.86. The maximum absolute atomic E-state index is 12.4. The standard InChI is InChI=1S/C20H21ClN2O5S/c1-13-12-29(26,27)23(20(13)25)15-5-8-17(18(21)11-15)19(24)22-10-9-14-3-6-16(28-2)7-4-14/h3-8,11,13H,9-10,12H2,1-2H3,(H,22,24). The summed E-state index contributed by atoms with van der Waals surface area (Å²) in [6.07, 6.45) is 0.629. The first kappa shape index (κ1) is 21.1. The van der Waals surface area contributed by atoms with Crippen molar-refractivity contribution >= 4 is 39.1 Å². The van der Waals surface area contributed by atoms with Crippen LogP contribution in [0.5, 0.6) is 5.75 Å². The lowest BCUT2D eigenvalue weighted by molar-refractivity contribution is -0.119. The van der Waals surface area contributed by atoms with E-state index in [1.807, 2.05) is 24.3 Å². The number of methoxy groups -OCH3 is 1. The Balaban J connectivity index is 1.66. The van der Waals surface area contributed by atoms with Crippen molar-refractivity contribution < 1.29 is 22.7 Å². The van der Waals surface area contributed by atoms with Crippen LogP contribution in [-0.4, -0.2) is 39.6 Å². The van der Waals surface area contributed by atoms with Crippen LogP contribution in [-0.2, 0) is 21.2 Å². The molecule has 1 aliphatic rings. The quantitative estimate of drug-likeness (QED) is 0.751. The zero-order valence-electron chi connectivity index (χ0n) is 16.0. The highest BCUT2D eigenvalue weighted by molar-refractivity contribution is 7.94. The van der Waals surface area contributed by atoms with Gasteiger partial charge in [0.2, 0.25) is 15.9 Å². The molecule has 2 aromatic rings. The van der Waals surface area contributed by atoms with Crippen LogP contribution < -0.4 is 14.4 Å². The van der Waals surface area contributed by atoms with Crippen LogP contribution in [0, 0.1) is 5.92 Å². The number of anilines is 1. The van der Waals surface area contributed by atoms with E-state index in [0.717, 1.165) is 15.6 Å². The van der Waals surface area contributed by atoms with Crippen LogP contribution in [0.25, 0.3) is 0 Å². The van der Waals surface area contributed by atoms with Crippen molar-refractivity contribution in [2.24, 2.45) is 5.92 Å². The molecular weight excluding hydrogens is 416 g/mol. The molecular formula is C20H21ClN2O5S. The van der Waals surface area contributed by atoms with E-state index >= 15 is 0 Å². The van der Waals surface area contributed by atoms with Crippen molar-refractivity contribution in [2.45, 2.75) is 13.3 Å². The molecule has 0 radical (unpaired) electrons. The molecule has 0 spiro atoms. The monoisotopic (exact) mass is 436 g/mol. The molecule has 2 aromatic carbocycles. The number of carbonyl (C=O) groups is 2. The summed E-state index contributed by atoms with van der Waals surface area (Å²) < 4.78 is 30.3. The van der Waals surface area contributed by atoms with Crippen LogP contribution in [0.4, 0.5) is 5.69 Å². The molecule has 0 aliphatic carbocycles. The SMILES string of the molecule is COc1ccc(CCNC(=O)c2ccc(N3C(=O)C(C)CS3(=O)=O)cc2Cl)cc1.